The Hall–Kier alpha value is -1.27. The fraction of sp³-hybridized carbons (Fsp3) is 0.455. The molecule has 6 heteroatoms. The van der Waals surface area contributed by atoms with Crippen LogP contribution in [0.1, 0.15) is 5.56 Å². The van der Waals surface area contributed by atoms with Gasteiger partial charge in [0.1, 0.15) is 0 Å². The Balaban J connectivity index is 2.42. The highest BCUT2D eigenvalue weighted by molar-refractivity contribution is 5.51. The number of hydrogen-bond donors (Lipinski definition) is 2. The molecule has 0 aliphatic carbocycles. The Morgan fingerprint density at radius 3 is 2.41 bits per heavy atom. The fourth-order valence-corrected chi connectivity index (χ4v) is 1.96. The van der Waals surface area contributed by atoms with Gasteiger partial charge in [-0.3, -0.25) is 0 Å². The summed E-state index contributed by atoms with van der Waals surface area (Å²) >= 11 is 0. The minimum Gasteiger partial charge on any atom is -0.367 e. The van der Waals surface area contributed by atoms with Crippen LogP contribution in [0.2, 0.25) is 0 Å². The number of nitrogens with two attached hydrogens (primary N) is 1. The Kier molecular flexibility index (Phi) is 3.54. The van der Waals surface area contributed by atoms with Crippen molar-refractivity contribution in [1.82, 2.24) is 5.32 Å². The second kappa shape index (κ2) is 4.93. The Morgan fingerprint density at radius 1 is 1.18 bits per heavy atom. The molecular formula is C11H14F3N3. The Morgan fingerprint density at radius 2 is 1.82 bits per heavy atom. The van der Waals surface area contributed by atoms with Gasteiger partial charge in [0, 0.05) is 44.4 Å². The molecule has 0 bridgehead atoms. The number of nitrogens with zero attached hydrogens (tertiary/aromatic N) is 1. The summed E-state index contributed by atoms with van der Waals surface area (Å²) in [6.45, 7) is 2.15. The first kappa shape index (κ1) is 12.2. The second-order valence-corrected chi connectivity index (χ2v) is 3.93. The highest BCUT2D eigenvalue weighted by Gasteiger charge is 2.22. The first-order valence-corrected chi connectivity index (χ1v) is 5.47. The monoisotopic (exact) mass is 245 g/mol. The maximum Gasteiger partial charge on any atom is 0.166 e. The predicted molar refractivity (Wildman–Crippen MR) is 59.3 cm³/mol. The third kappa shape index (κ3) is 2.23. The zero-order chi connectivity index (χ0) is 12.4. The Bertz CT molecular complexity index is 417. The molecule has 1 aliphatic heterocycles. The minimum absolute atomic E-state index is 0.0888. The molecule has 3 N–H and O–H groups in total. The van der Waals surface area contributed by atoms with Crippen molar-refractivity contribution in [2.45, 2.75) is 6.54 Å². The van der Waals surface area contributed by atoms with E-state index < -0.39 is 23.0 Å². The predicted octanol–water partition coefficient (Wildman–Crippen LogP) is 0.972. The molecule has 0 saturated carbocycles. The molecule has 0 amide bonds. The third-order valence-corrected chi connectivity index (χ3v) is 2.89. The molecule has 0 radical (unpaired) electrons. The zero-order valence-electron chi connectivity index (χ0n) is 9.27. The maximum atomic E-state index is 13.9. The second-order valence-electron chi connectivity index (χ2n) is 3.93. The van der Waals surface area contributed by atoms with Crippen LogP contribution >= 0.6 is 0 Å². The van der Waals surface area contributed by atoms with Crippen LogP contribution in [-0.2, 0) is 6.54 Å². The van der Waals surface area contributed by atoms with Crippen molar-refractivity contribution in [1.29, 1.82) is 0 Å². The lowest BCUT2D eigenvalue weighted by atomic mass is 10.1. The van der Waals surface area contributed by atoms with E-state index in [2.05, 4.69) is 5.32 Å². The number of benzene rings is 1. The van der Waals surface area contributed by atoms with Crippen LogP contribution in [0.5, 0.6) is 0 Å². The molecule has 1 aliphatic rings. The molecule has 1 fully saturated rings. The lowest BCUT2D eigenvalue weighted by Crippen LogP contribution is -2.44. The van der Waals surface area contributed by atoms with Gasteiger partial charge in [0.25, 0.3) is 0 Å². The molecule has 17 heavy (non-hydrogen) atoms. The average Bonchev–Trinajstić information content (AvgIpc) is 2.36. The largest absolute Gasteiger partial charge is 0.367 e. The fourth-order valence-electron chi connectivity index (χ4n) is 1.96. The number of piperazine rings is 1. The van der Waals surface area contributed by atoms with Crippen LogP contribution in [-0.4, -0.2) is 26.2 Å². The summed E-state index contributed by atoms with van der Waals surface area (Å²) in [5.74, 6) is -3.00. The lowest BCUT2D eigenvalue weighted by Gasteiger charge is -2.30. The minimum atomic E-state index is -1.19. The molecule has 94 valence electrons. The smallest absolute Gasteiger partial charge is 0.166 e. The highest BCUT2D eigenvalue weighted by Crippen LogP contribution is 2.27. The van der Waals surface area contributed by atoms with E-state index in [1.165, 1.54) is 0 Å². The van der Waals surface area contributed by atoms with Gasteiger partial charge in [-0.25, -0.2) is 13.2 Å². The van der Waals surface area contributed by atoms with E-state index in [9.17, 15) is 13.2 Å². The van der Waals surface area contributed by atoms with Crippen molar-refractivity contribution in [3.05, 3.63) is 29.1 Å². The van der Waals surface area contributed by atoms with Gasteiger partial charge < -0.3 is 16.0 Å². The summed E-state index contributed by atoms with van der Waals surface area (Å²) in [6, 6.07) is 0.898. The van der Waals surface area contributed by atoms with Gasteiger partial charge >= 0.3 is 0 Å². The van der Waals surface area contributed by atoms with Crippen LogP contribution in [0.15, 0.2) is 6.07 Å². The van der Waals surface area contributed by atoms with Crippen LogP contribution in [0.25, 0.3) is 0 Å². The van der Waals surface area contributed by atoms with Crippen LogP contribution in [0.3, 0.4) is 0 Å². The Labute approximate surface area is 97.4 Å². The summed E-state index contributed by atoms with van der Waals surface area (Å²) in [5, 5.41) is 3.10. The first-order valence-electron chi connectivity index (χ1n) is 5.47. The number of halogens is 3. The van der Waals surface area contributed by atoms with E-state index in [-0.39, 0.29) is 12.2 Å². The van der Waals surface area contributed by atoms with Crippen molar-refractivity contribution >= 4 is 5.69 Å². The van der Waals surface area contributed by atoms with Crippen LogP contribution in [0.4, 0.5) is 18.9 Å². The van der Waals surface area contributed by atoms with Gasteiger partial charge in [0.2, 0.25) is 0 Å². The lowest BCUT2D eigenvalue weighted by molar-refractivity contribution is 0.476. The van der Waals surface area contributed by atoms with Crippen molar-refractivity contribution < 1.29 is 13.2 Å². The standard InChI is InChI=1S/C11H14F3N3/c12-8-5-9(17-3-1-16-2-4-17)11(14)7(6-15)10(8)13/h5,16H,1-4,6,15H2. The molecule has 0 spiro atoms. The van der Waals surface area contributed by atoms with Gasteiger partial charge in [-0.15, -0.1) is 0 Å². The van der Waals surface area contributed by atoms with E-state index in [1.807, 2.05) is 0 Å². The molecule has 1 heterocycles. The average molecular weight is 245 g/mol. The molecule has 2 rings (SSSR count). The summed E-state index contributed by atoms with van der Waals surface area (Å²) < 4.78 is 40.6. The maximum absolute atomic E-state index is 13.9. The molecule has 0 atom stereocenters. The number of anilines is 1. The number of rotatable bonds is 2. The van der Waals surface area contributed by atoms with Gasteiger partial charge in [0.15, 0.2) is 17.5 Å². The summed E-state index contributed by atoms with van der Waals surface area (Å²) in [4.78, 5) is 1.69. The first-order chi connectivity index (χ1) is 8.15. The molecule has 0 aromatic heterocycles. The van der Waals surface area contributed by atoms with Gasteiger partial charge in [0.05, 0.1) is 5.69 Å². The quantitative estimate of drug-likeness (QED) is 0.763. The summed E-state index contributed by atoms with van der Waals surface area (Å²) in [6.07, 6.45) is 0. The SMILES string of the molecule is NCc1c(F)c(F)cc(N2CCNCC2)c1F. The van der Waals surface area contributed by atoms with Crippen molar-refractivity contribution in [2.24, 2.45) is 5.73 Å². The van der Waals surface area contributed by atoms with Crippen LogP contribution < -0.4 is 16.0 Å². The van der Waals surface area contributed by atoms with Crippen molar-refractivity contribution in [3.63, 3.8) is 0 Å². The highest BCUT2D eigenvalue weighted by atomic mass is 19.2. The van der Waals surface area contributed by atoms with Gasteiger partial charge in [-0.05, 0) is 0 Å². The summed E-state index contributed by atoms with van der Waals surface area (Å²) in [7, 11) is 0. The van der Waals surface area contributed by atoms with E-state index in [0.29, 0.717) is 26.2 Å². The molecule has 0 unspecified atom stereocenters. The molecule has 1 aromatic carbocycles. The van der Waals surface area contributed by atoms with Crippen molar-refractivity contribution in [3.8, 4) is 0 Å². The number of hydrogen-bond acceptors (Lipinski definition) is 3. The normalized spacial score (nSPS) is 16.4. The topological polar surface area (TPSA) is 41.3 Å². The van der Waals surface area contributed by atoms with Crippen LogP contribution in [0, 0.1) is 17.5 Å². The summed E-state index contributed by atoms with van der Waals surface area (Å²) in [5.41, 5.74) is 4.94. The third-order valence-electron chi connectivity index (χ3n) is 2.89. The molecule has 1 aromatic rings. The van der Waals surface area contributed by atoms with E-state index in [0.717, 1.165) is 6.07 Å². The zero-order valence-corrected chi connectivity index (χ0v) is 9.27. The number of nitrogens with one attached hydrogen (secondary N) is 1. The van der Waals surface area contributed by atoms with Gasteiger partial charge in [-0.2, -0.15) is 0 Å². The molecular weight excluding hydrogens is 231 g/mol. The molecule has 3 nitrogen and oxygen atoms in total. The van der Waals surface area contributed by atoms with E-state index >= 15 is 0 Å². The molecule has 1 saturated heterocycles. The van der Waals surface area contributed by atoms with Crippen molar-refractivity contribution in [2.75, 3.05) is 31.1 Å². The van der Waals surface area contributed by atoms with Gasteiger partial charge in [-0.1, -0.05) is 0 Å². The van der Waals surface area contributed by atoms with E-state index in [1.54, 1.807) is 4.90 Å². The van der Waals surface area contributed by atoms with E-state index in [4.69, 9.17) is 5.73 Å².